The summed E-state index contributed by atoms with van der Waals surface area (Å²) in [6, 6.07) is 5.07. The second-order valence-corrected chi connectivity index (χ2v) is 8.77. The minimum absolute atomic E-state index is 0.226. The van der Waals surface area contributed by atoms with Crippen molar-refractivity contribution in [3.05, 3.63) is 47.2 Å². The Bertz CT molecular complexity index is 583. The summed E-state index contributed by atoms with van der Waals surface area (Å²) in [5.41, 5.74) is 9.05. The van der Waals surface area contributed by atoms with Gasteiger partial charge in [0.25, 0.3) is 0 Å². The summed E-state index contributed by atoms with van der Waals surface area (Å²) < 4.78 is 29.4. The van der Waals surface area contributed by atoms with Gasteiger partial charge in [-0.25, -0.2) is 8.78 Å². The molecule has 3 aliphatic heterocycles. The van der Waals surface area contributed by atoms with Crippen LogP contribution in [0, 0.1) is 11.6 Å². The average molecular weight is 414 g/mol. The zero-order chi connectivity index (χ0) is 20.5. The first kappa shape index (κ1) is 23.1. The number of nitrogens with two attached hydrogens (primary N) is 1. The van der Waals surface area contributed by atoms with Crippen LogP contribution in [0.2, 0.25) is 0 Å². The molecule has 3 N–H and O–H groups in total. The molecule has 1 aromatic rings. The molecule has 1 aromatic carbocycles. The van der Waals surface area contributed by atoms with Crippen molar-refractivity contribution in [2.24, 2.45) is 5.73 Å². The summed E-state index contributed by atoms with van der Waals surface area (Å²) in [6.45, 7) is 9.00. The average Bonchev–Trinajstić information content (AvgIpc) is 3.09. The van der Waals surface area contributed by atoms with Gasteiger partial charge in [-0.05, 0) is 54.4 Å². The molecule has 28 heavy (non-hydrogen) atoms. The zero-order valence-electron chi connectivity index (χ0n) is 16.8. The monoisotopic (exact) mass is 413 g/mol. The Morgan fingerprint density at radius 2 is 1.75 bits per heavy atom. The zero-order valence-corrected chi connectivity index (χ0v) is 17.7. The molecule has 4 nitrogen and oxygen atoms in total. The number of nitrogens with one attached hydrogen (secondary N) is 1. The number of benzene rings is 1. The minimum Gasteiger partial charge on any atom is -0.387 e. The van der Waals surface area contributed by atoms with Crippen molar-refractivity contribution in [3.8, 4) is 0 Å². The first-order chi connectivity index (χ1) is 13.3. The van der Waals surface area contributed by atoms with E-state index in [0.29, 0.717) is 11.3 Å². The van der Waals surface area contributed by atoms with Gasteiger partial charge in [-0.1, -0.05) is 13.8 Å². The van der Waals surface area contributed by atoms with Gasteiger partial charge in [0.2, 0.25) is 0 Å². The van der Waals surface area contributed by atoms with Crippen molar-refractivity contribution in [2.45, 2.75) is 50.4 Å². The van der Waals surface area contributed by atoms with Crippen LogP contribution in [0.15, 0.2) is 35.5 Å². The molecule has 0 amide bonds. The third-order valence-corrected chi connectivity index (χ3v) is 4.71. The molecule has 4 rings (SSSR count). The second kappa shape index (κ2) is 11.8. The van der Waals surface area contributed by atoms with Gasteiger partial charge in [-0.3, -0.25) is 4.90 Å². The number of ether oxygens (including phenoxy) is 1. The third kappa shape index (κ3) is 8.07. The van der Waals surface area contributed by atoms with Gasteiger partial charge in [0.05, 0.1) is 13.2 Å². The van der Waals surface area contributed by atoms with E-state index in [1.165, 1.54) is 18.5 Å². The number of halogens is 2. The summed E-state index contributed by atoms with van der Waals surface area (Å²) in [5, 5.41) is 4.05. The molecule has 0 spiro atoms. The molecule has 2 atom stereocenters. The first-order valence-corrected chi connectivity index (χ1v) is 10.5. The van der Waals surface area contributed by atoms with Gasteiger partial charge in [0.1, 0.15) is 11.6 Å². The lowest BCUT2D eigenvalue weighted by atomic mass is 10.0. The summed E-state index contributed by atoms with van der Waals surface area (Å²) >= 11 is 3.97. The van der Waals surface area contributed by atoms with E-state index >= 15 is 0 Å². The summed E-state index contributed by atoms with van der Waals surface area (Å²) in [7, 11) is 0. The highest BCUT2D eigenvalue weighted by Gasteiger charge is 2.31. The van der Waals surface area contributed by atoms with Gasteiger partial charge in [0, 0.05) is 37.4 Å². The molecule has 1 fully saturated rings. The highest BCUT2D eigenvalue weighted by molar-refractivity contribution is 7.80. The number of hydrogen-bond acceptors (Lipinski definition) is 5. The third-order valence-electron chi connectivity index (χ3n) is 4.71. The molecule has 3 aliphatic rings. The van der Waals surface area contributed by atoms with Crippen LogP contribution in [-0.2, 0) is 4.74 Å². The highest BCUT2D eigenvalue weighted by Crippen LogP contribution is 2.26. The molecule has 158 valence electrons. The van der Waals surface area contributed by atoms with E-state index in [2.05, 4.69) is 22.8 Å². The summed E-state index contributed by atoms with van der Waals surface area (Å²) in [5.74, 6) is -0.821. The topological polar surface area (TPSA) is 50.5 Å². The fourth-order valence-corrected chi connectivity index (χ4v) is 3.45. The molecule has 7 heteroatoms. The van der Waals surface area contributed by atoms with Crippen LogP contribution in [0.5, 0.6) is 0 Å². The maximum Gasteiger partial charge on any atom is 0.123 e. The van der Waals surface area contributed by atoms with Gasteiger partial charge >= 0.3 is 0 Å². The van der Waals surface area contributed by atoms with Crippen molar-refractivity contribution in [1.29, 1.82) is 0 Å². The molecule has 0 radical (unpaired) electrons. The molecular weight excluding hydrogens is 380 g/mol. The Hall–Kier alpha value is -1.15. The van der Waals surface area contributed by atoms with Crippen molar-refractivity contribution in [1.82, 2.24) is 10.2 Å². The Balaban J connectivity index is 0.000000196. The van der Waals surface area contributed by atoms with E-state index in [1.54, 1.807) is 5.57 Å². The normalized spacial score (nSPS) is 24.5. The van der Waals surface area contributed by atoms with E-state index in [1.807, 2.05) is 13.8 Å². The lowest BCUT2D eigenvalue weighted by Crippen LogP contribution is -2.47. The van der Waals surface area contributed by atoms with Gasteiger partial charge < -0.3 is 15.8 Å². The Morgan fingerprint density at radius 3 is 2.29 bits per heavy atom. The highest BCUT2D eigenvalue weighted by atomic mass is 32.1. The quantitative estimate of drug-likeness (QED) is 0.618. The number of nitrogens with zero attached hydrogens (tertiary/aromatic N) is 1. The number of rotatable bonds is 1. The predicted molar refractivity (Wildman–Crippen MR) is 114 cm³/mol. The van der Waals surface area contributed by atoms with Gasteiger partial charge in [-0.15, -0.1) is 0 Å². The SMILES string of the molecule is CC(C)S.Fc1ccc(F)cc1.NC1COCC(N2CC3=C(C2)NCCC3)C1. The first-order valence-electron chi connectivity index (χ1n) is 9.96. The fraction of sp³-hybridized carbons (Fsp3) is 0.619. The van der Waals surface area contributed by atoms with E-state index < -0.39 is 11.6 Å². The van der Waals surface area contributed by atoms with E-state index in [0.717, 1.165) is 63.5 Å². The smallest absolute Gasteiger partial charge is 0.123 e. The molecular formula is C21H33F2N3OS. The van der Waals surface area contributed by atoms with Crippen LogP contribution in [0.3, 0.4) is 0 Å². The van der Waals surface area contributed by atoms with E-state index in [9.17, 15) is 8.78 Å². The van der Waals surface area contributed by atoms with E-state index in [4.69, 9.17) is 10.5 Å². The van der Waals surface area contributed by atoms with Crippen LogP contribution >= 0.6 is 12.6 Å². The second-order valence-electron chi connectivity index (χ2n) is 7.73. The van der Waals surface area contributed by atoms with Crippen molar-refractivity contribution in [3.63, 3.8) is 0 Å². The Labute approximate surface area is 172 Å². The molecule has 0 saturated carbocycles. The lowest BCUT2D eigenvalue weighted by molar-refractivity contribution is 0.0161. The summed E-state index contributed by atoms with van der Waals surface area (Å²) in [6.07, 6.45) is 3.65. The maximum atomic E-state index is 11.9. The van der Waals surface area contributed by atoms with Crippen LogP contribution in [0.4, 0.5) is 8.78 Å². The Morgan fingerprint density at radius 1 is 1.14 bits per heavy atom. The predicted octanol–water partition coefficient (Wildman–Crippen LogP) is 3.35. The summed E-state index contributed by atoms with van der Waals surface area (Å²) in [4.78, 5) is 2.53. The van der Waals surface area contributed by atoms with Crippen molar-refractivity contribution in [2.75, 3.05) is 32.8 Å². The maximum absolute atomic E-state index is 11.9. The molecule has 0 aliphatic carbocycles. The van der Waals surface area contributed by atoms with Crippen LogP contribution in [0.1, 0.15) is 33.1 Å². The number of hydrogen-bond donors (Lipinski definition) is 3. The fourth-order valence-electron chi connectivity index (χ4n) is 3.45. The van der Waals surface area contributed by atoms with Crippen molar-refractivity contribution < 1.29 is 13.5 Å². The van der Waals surface area contributed by atoms with Crippen molar-refractivity contribution >= 4 is 12.6 Å². The molecule has 2 unspecified atom stereocenters. The van der Waals surface area contributed by atoms with E-state index in [-0.39, 0.29) is 6.04 Å². The Kier molecular flexibility index (Phi) is 9.71. The standard InChI is InChI=1S/C12H21N3O.C6H4F2.C3H8S/c13-10-4-11(8-16-7-10)15-5-9-2-1-3-14-12(9)6-15;7-5-1-2-6(8)4-3-5;1-3(2)4/h10-11,14H,1-8,13H2;1-4H;3-4H,1-2H3. The van der Waals surface area contributed by atoms with Crippen LogP contribution in [0.25, 0.3) is 0 Å². The van der Waals surface area contributed by atoms with Crippen LogP contribution in [-0.4, -0.2) is 55.1 Å². The van der Waals surface area contributed by atoms with Crippen LogP contribution < -0.4 is 11.1 Å². The molecule has 0 bridgehead atoms. The lowest BCUT2D eigenvalue weighted by Gasteiger charge is -2.33. The minimum atomic E-state index is -0.411. The molecule has 1 saturated heterocycles. The largest absolute Gasteiger partial charge is 0.387 e. The number of thiol groups is 1. The van der Waals surface area contributed by atoms with Gasteiger partial charge in [0.15, 0.2) is 0 Å². The van der Waals surface area contributed by atoms with Gasteiger partial charge in [-0.2, -0.15) is 12.6 Å². The molecule has 0 aromatic heterocycles. The molecule has 3 heterocycles.